The first-order valence-electron chi connectivity index (χ1n) is 21.4. The number of hydrogen-bond donors (Lipinski definition) is 7. The quantitative estimate of drug-likeness (QED) is 0.0393. The van der Waals surface area contributed by atoms with Gasteiger partial charge >= 0.3 is 17.9 Å². The summed E-state index contributed by atoms with van der Waals surface area (Å²) in [5.41, 5.74) is 1.63. The standard InChI is InChI=1S/C47H53FN4O15S/c1-27(53)29(10-16-43(57)58)22-41(55)39(21-32-25-49-38-9-4-3-8-37(32)38)51-47(64)31(18-28-6-5-7-33(48)19-28)20-34(54)26-50-46(63)30(11-17-44(59)60)23-42(56)40(24-45(61)62)52-68(65,66)36-14-12-35(67-2)13-15-36/h3-9,12-15,19,25,29-31,39-40,49,52H,10-11,16-18,20-24,26H2,1-2H3,(H,50,63)(H,51,64)(H,57,58)(H,59,60)(H,61,62)/t29-,30-,31-,39+,40-/m1/s1. The van der Waals surface area contributed by atoms with E-state index in [0.717, 1.165) is 35.2 Å². The maximum atomic E-state index is 14.4. The second-order valence-corrected chi connectivity index (χ2v) is 18.0. The number of fused-ring (bicyclic) bond motifs is 1. The number of sulfonamides is 1. The Morgan fingerprint density at radius 3 is 1.96 bits per heavy atom. The monoisotopic (exact) mass is 964 g/mol. The molecule has 4 rings (SSSR count). The van der Waals surface area contributed by atoms with Gasteiger partial charge in [0.2, 0.25) is 21.8 Å². The molecule has 0 radical (unpaired) electrons. The fraction of sp³-hybridized carbons (Fsp3) is 0.383. The lowest BCUT2D eigenvalue weighted by molar-refractivity contribution is -0.140. The Labute approximate surface area is 390 Å². The number of ketones is 4. The van der Waals surface area contributed by atoms with Gasteiger partial charge in [0.1, 0.15) is 17.3 Å². The van der Waals surface area contributed by atoms with Crippen LogP contribution in [0.5, 0.6) is 5.75 Å². The molecule has 5 atom stereocenters. The molecule has 7 N–H and O–H groups in total. The number of H-pyrrole nitrogens is 1. The van der Waals surface area contributed by atoms with Gasteiger partial charge in [0.15, 0.2) is 17.3 Å². The lowest BCUT2D eigenvalue weighted by atomic mass is 9.88. The lowest BCUT2D eigenvalue weighted by Gasteiger charge is -2.24. The second kappa shape index (κ2) is 25.1. The minimum Gasteiger partial charge on any atom is -0.497 e. The van der Waals surface area contributed by atoms with Gasteiger partial charge in [-0.3, -0.25) is 43.2 Å². The number of halogens is 1. The van der Waals surface area contributed by atoms with Crippen LogP contribution in [0.4, 0.5) is 4.39 Å². The van der Waals surface area contributed by atoms with Gasteiger partial charge in [-0.25, -0.2) is 17.5 Å². The van der Waals surface area contributed by atoms with Crippen LogP contribution in [-0.2, 0) is 66.0 Å². The minimum absolute atomic E-state index is 0.0818. The fourth-order valence-electron chi connectivity index (χ4n) is 7.48. The zero-order chi connectivity index (χ0) is 50.1. The molecule has 4 aromatic rings. The molecule has 19 nitrogen and oxygen atoms in total. The highest BCUT2D eigenvalue weighted by Crippen LogP contribution is 2.24. The van der Waals surface area contributed by atoms with Gasteiger partial charge in [0.05, 0.1) is 37.1 Å². The largest absolute Gasteiger partial charge is 0.497 e. The van der Waals surface area contributed by atoms with Crippen LogP contribution >= 0.6 is 0 Å². The molecule has 0 aliphatic carbocycles. The van der Waals surface area contributed by atoms with Crippen molar-refractivity contribution < 1.29 is 76.0 Å². The number of aromatic nitrogens is 1. The Bertz CT molecular complexity index is 2610. The van der Waals surface area contributed by atoms with Gasteiger partial charge in [-0.15, -0.1) is 0 Å². The highest BCUT2D eigenvalue weighted by Gasteiger charge is 2.34. The number of carboxylic acid groups (broad SMARTS) is 3. The number of ether oxygens (including phenoxy) is 1. The van der Waals surface area contributed by atoms with E-state index in [1.54, 1.807) is 30.5 Å². The summed E-state index contributed by atoms with van der Waals surface area (Å²) in [5, 5.41) is 33.9. The molecule has 21 heteroatoms. The van der Waals surface area contributed by atoms with Crippen molar-refractivity contribution in [3.8, 4) is 5.75 Å². The molecule has 0 bridgehead atoms. The number of rotatable bonds is 30. The molecule has 68 heavy (non-hydrogen) atoms. The second-order valence-electron chi connectivity index (χ2n) is 16.3. The predicted molar refractivity (Wildman–Crippen MR) is 240 cm³/mol. The number of carbonyl (C=O) groups is 9. The van der Waals surface area contributed by atoms with Crippen molar-refractivity contribution in [3.05, 3.63) is 95.9 Å². The van der Waals surface area contributed by atoms with Gasteiger partial charge in [0.25, 0.3) is 0 Å². The number of carboxylic acids is 3. The van der Waals surface area contributed by atoms with E-state index in [4.69, 9.17) is 4.74 Å². The zero-order valence-corrected chi connectivity index (χ0v) is 38.0. The van der Waals surface area contributed by atoms with Gasteiger partial charge in [0, 0.05) is 73.4 Å². The third-order valence-electron chi connectivity index (χ3n) is 11.2. The van der Waals surface area contributed by atoms with Crippen LogP contribution in [0, 0.1) is 23.6 Å². The van der Waals surface area contributed by atoms with Crippen LogP contribution in [0.25, 0.3) is 10.9 Å². The Morgan fingerprint density at radius 2 is 1.34 bits per heavy atom. The van der Waals surface area contributed by atoms with Crippen LogP contribution in [0.15, 0.2) is 83.9 Å². The number of nitrogens with one attached hydrogen (secondary N) is 4. The van der Waals surface area contributed by atoms with E-state index in [1.807, 2.05) is 4.72 Å². The summed E-state index contributed by atoms with van der Waals surface area (Å²) in [6.45, 7) is 0.456. The third-order valence-corrected chi connectivity index (χ3v) is 12.7. The van der Waals surface area contributed by atoms with Gasteiger partial charge in [-0.05, 0) is 79.8 Å². The van der Waals surface area contributed by atoms with Crippen LogP contribution in [-0.4, -0.2) is 107 Å². The van der Waals surface area contributed by atoms with Crippen molar-refractivity contribution in [2.75, 3.05) is 13.7 Å². The maximum Gasteiger partial charge on any atom is 0.305 e. The fourth-order valence-corrected chi connectivity index (χ4v) is 8.70. The molecule has 2 amide bonds. The first kappa shape index (κ1) is 53.5. The highest BCUT2D eigenvalue weighted by atomic mass is 32.2. The first-order chi connectivity index (χ1) is 32.1. The molecule has 364 valence electrons. The third kappa shape index (κ3) is 16.6. The van der Waals surface area contributed by atoms with Crippen molar-refractivity contribution in [1.29, 1.82) is 0 Å². The summed E-state index contributed by atoms with van der Waals surface area (Å²) in [5.74, 6) is -12.9. The molecule has 0 unspecified atom stereocenters. The van der Waals surface area contributed by atoms with Crippen LogP contribution < -0.4 is 20.1 Å². The van der Waals surface area contributed by atoms with Crippen molar-refractivity contribution in [2.24, 2.45) is 17.8 Å². The number of amides is 2. The minimum atomic E-state index is -4.51. The number of para-hydroxylation sites is 1. The molecule has 3 aromatic carbocycles. The van der Waals surface area contributed by atoms with Crippen molar-refractivity contribution in [1.82, 2.24) is 20.3 Å². The summed E-state index contributed by atoms with van der Waals surface area (Å²) < 4.78 is 47.7. The average Bonchev–Trinajstić information content (AvgIpc) is 3.69. The lowest BCUT2D eigenvalue weighted by Crippen LogP contribution is -2.47. The summed E-state index contributed by atoms with van der Waals surface area (Å²) in [4.78, 5) is 119. The number of carbonyl (C=O) groups excluding carboxylic acids is 6. The Morgan fingerprint density at radius 1 is 0.706 bits per heavy atom. The number of aromatic amines is 1. The highest BCUT2D eigenvalue weighted by molar-refractivity contribution is 7.89. The molecule has 0 saturated carbocycles. The van der Waals surface area contributed by atoms with E-state index < -0.39 is 144 Å². The number of aliphatic carboxylic acids is 3. The van der Waals surface area contributed by atoms with E-state index >= 15 is 0 Å². The number of Topliss-reactive ketones (excluding diaryl/α,β-unsaturated/α-hetero) is 4. The van der Waals surface area contributed by atoms with Crippen molar-refractivity contribution >= 4 is 73.8 Å². The van der Waals surface area contributed by atoms with Gasteiger partial charge in [-0.1, -0.05) is 30.3 Å². The zero-order valence-electron chi connectivity index (χ0n) is 37.2. The van der Waals surface area contributed by atoms with Gasteiger partial charge in [-0.2, -0.15) is 0 Å². The Hall–Kier alpha value is -7.13. The van der Waals surface area contributed by atoms with Gasteiger partial charge < -0.3 is 35.7 Å². The molecule has 0 aliphatic heterocycles. The number of benzene rings is 3. The first-order valence-corrected chi connectivity index (χ1v) is 22.9. The molecule has 0 saturated heterocycles. The Kier molecular flexibility index (Phi) is 19.8. The molecule has 0 spiro atoms. The normalized spacial score (nSPS) is 13.6. The molecule has 1 heterocycles. The smallest absolute Gasteiger partial charge is 0.305 e. The van der Waals surface area contributed by atoms with Crippen molar-refractivity contribution in [2.45, 2.75) is 88.1 Å². The predicted octanol–water partition coefficient (Wildman–Crippen LogP) is 3.57. The van der Waals surface area contributed by atoms with E-state index in [2.05, 4.69) is 15.6 Å². The molecule has 1 aromatic heterocycles. The summed E-state index contributed by atoms with van der Waals surface area (Å²) in [7, 11) is -3.16. The average molecular weight is 965 g/mol. The van der Waals surface area contributed by atoms with Crippen molar-refractivity contribution in [3.63, 3.8) is 0 Å². The number of hydrogen-bond acceptors (Lipinski definition) is 12. The number of methoxy groups -OCH3 is 1. The van der Waals surface area contributed by atoms with E-state index in [0.29, 0.717) is 11.3 Å². The van der Waals surface area contributed by atoms with Crippen LogP contribution in [0.2, 0.25) is 0 Å². The topological polar surface area (TPSA) is 310 Å². The molecular weight excluding hydrogens is 912 g/mol. The molecular formula is C47H53FN4O15S. The molecule has 0 fully saturated rings. The maximum absolute atomic E-state index is 14.4. The SMILES string of the molecule is COc1ccc(S(=O)(=O)N[C@H](CC(=O)O)C(=O)C[C@@H](CCC(=O)O)C(=O)NCC(=O)C[C@@H](Cc2cccc(F)c2)C(=O)N[C@@H](Cc2c[nH]c3ccccc23)C(=O)C[C@@H](CCC(=O)O)C(C)=O)cc1. The van der Waals surface area contributed by atoms with Crippen LogP contribution in [0.1, 0.15) is 69.4 Å². The van der Waals surface area contributed by atoms with E-state index in [9.17, 15) is 71.3 Å². The Balaban J connectivity index is 1.55. The van der Waals surface area contributed by atoms with Crippen LogP contribution in [0.3, 0.4) is 0 Å². The van der Waals surface area contributed by atoms with E-state index in [-0.39, 0.29) is 36.1 Å². The summed E-state index contributed by atoms with van der Waals surface area (Å²) >= 11 is 0. The summed E-state index contributed by atoms with van der Waals surface area (Å²) in [6.07, 6.45) is -3.22. The van der Waals surface area contributed by atoms with E-state index in [1.165, 1.54) is 38.3 Å². The summed E-state index contributed by atoms with van der Waals surface area (Å²) in [6, 6.07) is 14.1. The molecule has 0 aliphatic rings.